The normalized spacial score (nSPS) is 24.3. The summed E-state index contributed by atoms with van der Waals surface area (Å²) in [6.07, 6.45) is 5.99. The highest BCUT2D eigenvalue weighted by Crippen LogP contribution is 2.25. The molecule has 1 fully saturated rings. The third-order valence-corrected chi connectivity index (χ3v) is 2.86. The van der Waals surface area contributed by atoms with Gasteiger partial charge in [-0.25, -0.2) is 9.50 Å². The average Bonchev–Trinajstić information content (AvgIpc) is 2.66. The lowest BCUT2D eigenvalue weighted by Gasteiger charge is -2.31. The van der Waals surface area contributed by atoms with Crippen molar-refractivity contribution in [2.45, 2.75) is 25.0 Å². The Kier molecular flexibility index (Phi) is 1.97. The van der Waals surface area contributed by atoms with Crippen LogP contribution in [0.25, 0.3) is 5.52 Å². The van der Waals surface area contributed by atoms with Gasteiger partial charge in [0.1, 0.15) is 11.6 Å². The minimum absolute atomic E-state index is 0.141. The van der Waals surface area contributed by atoms with E-state index in [-0.39, 0.29) is 12.2 Å². The molecule has 1 aliphatic rings. The lowest BCUT2D eigenvalue weighted by Crippen LogP contribution is -2.41. The van der Waals surface area contributed by atoms with Crippen LogP contribution in [-0.4, -0.2) is 31.9 Å². The van der Waals surface area contributed by atoms with Gasteiger partial charge >= 0.3 is 0 Å². The van der Waals surface area contributed by atoms with E-state index in [1.54, 1.807) is 23.1 Å². The van der Waals surface area contributed by atoms with Gasteiger partial charge in [0, 0.05) is 0 Å². The number of fused-ring (bicyclic) bond motifs is 1. The van der Waals surface area contributed by atoms with Crippen LogP contribution in [0.5, 0.6) is 5.88 Å². The number of anilines is 1. The van der Waals surface area contributed by atoms with Gasteiger partial charge in [-0.3, -0.25) is 0 Å². The number of nitrogen functional groups attached to an aromatic ring is 1. The highest BCUT2D eigenvalue weighted by molar-refractivity contribution is 5.67. The van der Waals surface area contributed by atoms with Crippen molar-refractivity contribution in [1.29, 1.82) is 0 Å². The van der Waals surface area contributed by atoms with Gasteiger partial charge in [0.2, 0.25) is 5.88 Å². The summed E-state index contributed by atoms with van der Waals surface area (Å²) in [6.45, 7) is 0. The molecule has 0 bridgehead atoms. The summed E-state index contributed by atoms with van der Waals surface area (Å²) in [5.74, 6) is 0.458. The highest BCUT2D eigenvalue weighted by atomic mass is 16.5. The number of nitrogens with zero attached hydrogens (tertiary/aromatic N) is 3. The van der Waals surface area contributed by atoms with Crippen molar-refractivity contribution in [3.8, 4) is 5.88 Å². The fraction of sp³-hybridized carbons (Fsp3) is 0.400. The van der Waals surface area contributed by atoms with Crippen molar-refractivity contribution in [1.82, 2.24) is 14.6 Å². The smallest absolute Gasteiger partial charge is 0.232 e. The molecular formula is C10H12N4O2. The van der Waals surface area contributed by atoms with E-state index in [4.69, 9.17) is 10.5 Å². The van der Waals surface area contributed by atoms with Crippen molar-refractivity contribution >= 4 is 11.2 Å². The average molecular weight is 220 g/mol. The van der Waals surface area contributed by atoms with E-state index in [0.717, 1.165) is 18.4 Å². The monoisotopic (exact) mass is 220 g/mol. The van der Waals surface area contributed by atoms with Gasteiger partial charge in [-0.1, -0.05) is 0 Å². The number of aliphatic hydroxyl groups is 1. The molecule has 1 aliphatic carbocycles. The van der Waals surface area contributed by atoms with Crippen LogP contribution in [-0.2, 0) is 0 Å². The Hall–Kier alpha value is -1.82. The summed E-state index contributed by atoms with van der Waals surface area (Å²) in [5.41, 5.74) is 7.02. The third-order valence-electron chi connectivity index (χ3n) is 2.86. The first-order valence-corrected chi connectivity index (χ1v) is 5.17. The Morgan fingerprint density at radius 3 is 3.00 bits per heavy atom. The van der Waals surface area contributed by atoms with E-state index in [9.17, 15) is 5.11 Å². The predicted octanol–water partition coefficient (Wildman–Crippen LogP) is 0.214. The van der Waals surface area contributed by atoms with Crippen molar-refractivity contribution in [3.63, 3.8) is 0 Å². The third kappa shape index (κ3) is 1.38. The number of hydrogen-bond donors (Lipinski definition) is 2. The van der Waals surface area contributed by atoms with Gasteiger partial charge in [-0.15, -0.1) is 0 Å². The molecule has 0 amide bonds. The lowest BCUT2D eigenvalue weighted by molar-refractivity contribution is -0.0385. The maximum Gasteiger partial charge on any atom is 0.232 e. The lowest BCUT2D eigenvalue weighted by atomic mass is 9.92. The van der Waals surface area contributed by atoms with Gasteiger partial charge in [0.15, 0.2) is 0 Å². The minimum atomic E-state index is -0.375. The van der Waals surface area contributed by atoms with Crippen molar-refractivity contribution in [2.75, 3.05) is 5.73 Å². The Labute approximate surface area is 91.7 Å². The van der Waals surface area contributed by atoms with Crippen LogP contribution in [0.2, 0.25) is 0 Å². The van der Waals surface area contributed by atoms with Gasteiger partial charge in [0.25, 0.3) is 0 Å². The van der Waals surface area contributed by atoms with Crippen LogP contribution in [0.1, 0.15) is 12.8 Å². The molecular weight excluding hydrogens is 208 g/mol. The molecule has 16 heavy (non-hydrogen) atoms. The molecule has 6 heteroatoms. The summed E-state index contributed by atoms with van der Waals surface area (Å²) in [7, 11) is 0. The molecule has 2 atom stereocenters. The molecule has 6 nitrogen and oxygen atoms in total. The Balaban J connectivity index is 1.87. The summed E-state index contributed by atoms with van der Waals surface area (Å²) in [5, 5.41) is 13.4. The largest absolute Gasteiger partial charge is 0.471 e. The van der Waals surface area contributed by atoms with Crippen molar-refractivity contribution in [2.24, 2.45) is 0 Å². The first-order chi connectivity index (χ1) is 7.74. The van der Waals surface area contributed by atoms with Gasteiger partial charge < -0.3 is 15.6 Å². The van der Waals surface area contributed by atoms with Gasteiger partial charge in [-0.05, 0) is 12.8 Å². The zero-order valence-corrected chi connectivity index (χ0v) is 8.58. The minimum Gasteiger partial charge on any atom is -0.471 e. The van der Waals surface area contributed by atoms with E-state index in [1.807, 2.05) is 0 Å². The van der Waals surface area contributed by atoms with Crippen LogP contribution in [0.15, 0.2) is 18.6 Å². The van der Waals surface area contributed by atoms with Gasteiger partial charge in [0.05, 0.1) is 30.4 Å². The molecule has 2 unspecified atom stereocenters. The van der Waals surface area contributed by atoms with Crippen LogP contribution in [0.4, 0.5) is 5.69 Å². The standard InChI is InChI=1S/C10H12N4O2/c11-6-3-13-14-5-10(12-4-7(6)14)16-9-2-1-8(9)15/h3-5,8-9,15H,1-2,11H2. The summed E-state index contributed by atoms with van der Waals surface area (Å²) in [4.78, 5) is 4.12. The molecule has 0 aliphatic heterocycles. The molecule has 0 aromatic carbocycles. The Bertz CT molecular complexity index is 525. The van der Waals surface area contributed by atoms with E-state index < -0.39 is 0 Å². The van der Waals surface area contributed by atoms with E-state index in [0.29, 0.717) is 11.6 Å². The molecule has 2 heterocycles. The van der Waals surface area contributed by atoms with Crippen molar-refractivity contribution in [3.05, 3.63) is 18.6 Å². The fourth-order valence-corrected chi connectivity index (χ4v) is 1.69. The SMILES string of the molecule is Nc1cnn2cc(OC3CCC3O)ncc12. The number of nitrogens with two attached hydrogens (primary N) is 1. The quantitative estimate of drug-likeness (QED) is 0.755. The van der Waals surface area contributed by atoms with E-state index in [2.05, 4.69) is 10.1 Å². The number of hydrogen-bond acceptors (Lipinski definition) is 5. The first kappa shape index (κ1) is 9.41. The van der Waals surface area contributed by atoms with E-state index in [1.165, 1.54) is 0 Å². The Morgan fingerprint density at radius 2 is 2.31 bits per heavy atom. The zero-order valence-electron chi connectivity index (χ0n) is 8.58. The highest BCUT2D eigenvalue weighted by Gasteiger charge is 2.31. The van der Waals surface area contributed by atoms with E-state index >= 15 is 0 Å². The molecule has 84 valence electrons. The van der Waals surface area contributed by atoms with Gasteiger partial charge in [-0.2, -0.15) is 5.10 Å². The van der Waals surface area contributed by atoms with Crippen LogP contribution in [0, 0.1) is 0 Å². The molecule has 2 aromatic rings. The molecule has 3 N–H and O–H groups in total. The maximum absolute atomic E-state index is 9.39. The fourth-order valence-electron chi connectivity index (χ4n) is 1.69. The van der Waals surface area contributed by atoms with Crippen LogP contribution in [0.3, 0.4) is 0 Å². The first-order valence-electron chi connectivity index (χ1n) is 5.17. The number of rotatable bonds is 2. The van der Waals surface area contributed by atoms with Crippen LogP contribution < -0.4 is 10.5 Å². The second-order valence-electron chi connectivity index (χ2n) is 3.96. The zero-order chi connectivity index (χ0) is 11.1. The number of aromatic nitrogens is 3. The summed E-state index contributed by atoms with van der Waals surface area (Å²) < 4.78 is 7.13. The number of ether oxygens (including phenoxy) is 1. The summed E-state index contributed by atoms with van der Waals surface area (Å²) in [6, 6.07) is 0. The van der Waals surface area contributed by atoms with Crippen LogP contribution >= 0.6 is 0 Å². The van der Waals surface area contributed by atoms with Crippen molar-refractivity contribution < 1.29 is 9.84 Å². The number of aliphatic hydroxyl groups excluding tert-OH is 1. The molecule has 2 aromatic heterocycles. The summed E-state index contributed by atoms with van der Waals surface area (Å²) >= 11 is 0. The molecule has 1 saturated carbocycles. The second-order valence-corrected chi connectivity index (χ2v) is 3.96. The Morgan fingerprint density at radius 1 is 1.44 bits per heavy atom. The molecule has 3 rings (SSSR count). The molecule has 0 spiro atoms. The maximum atomic E-state index is 9.39. The topological polar surface area (TPSA) is 85.7 Å². The molecule has 0 saturated heterocycles. The molecule has 0 radical (unpaired) electrons. The predicted molar refractivity (Wildman–Crippen MR) is 57.1 cm³/mol. The second kappa shape index (κ2) is 3.34.